The van der Waals surface area contributed by atoms with Crippen LogP contribution in [0.25, 0.3) is 0 Å². The minimum Gasteiger partial charge on any atom is -0.356 e. The third-order valence-corrected chi connectivity index (χ3v) is 3.82. The van der Waals surface area contributed by atoms with E-state index in [9.17, 15) is 0 Å². The first kappa shape index (κ1) is 10.9. The molecule has 1 aromatic heterocycles. The Morgan fingerprint density at radius 3 is 3.07 bits per heavy atom. The van der Waals surface area contributed by atoms with E-state index in [2.05, 4.69) is 43.8 Å². The smallest absolute Gasteiger partial charge is 0.132 e. The highest BCUT2D eigenvalue weighted by molar-refractivity contribution is 9.09. The van der Waals surface area contributed by atoms with Crippen LogP contribution < -0.4 is 4.90 Å². The van der Waals surface area contributed by atoms with Crippen molar-refractivity contribution in [3.05, 3.63) is 18.1 Å². The maximum absolute atomic E-state index is 4.34. The van der Waals surface area contributed by atoms with Gasteiger partial charge in [-0.05, 0) is 18.8 Å². The fraction of sp³-hybridized carbons (Fsp3) is 0.636. The van der Waals surface area contributed by atoms with Crippen molar-refractivity contribution in [2.75, 3.05) is 23.3 Å². The molecule has 1 atom stereocenters. The summed E-state index contributed by atoms with van der Waals surface area (Å²) < 4.78 is 0. The Morgan fingerprint density at radius 1 is 1.53 bits per heavy atom. The standard InChI is InChI=1S/C11H16BrN3/c1-2-10-5-11(14-8-13-10)15-4-3-9(6-12)7-15/h5,8-9H,2-4,6-7H2,1H3. The van der Waals surface area contributed by atoms with Gasteiger partial charge in [-0.3, -0.25) is 0 Å². The van der Waals surface area contributed by atoms with E-state index in [1.807, 2.05) is 0 Å². The summed E-state index contributed by atoms with van der Waals surface area (Å²) in [5.74, 6) is 1.86. The van der Waals surface area contributed by atoms with Crippen LogP contribution in [-0.4, -0.2) is 28.4 Å². The first-order valence-corrected chi connectivity index (χ1v) is 6.57. The Hall–Kier alpha value is -0.640. The third kappa shape index (κ3) is 2.48. The molecule has 1 aromatic rings. The highest BCUT2D eigenvalue weighted by Crippen LogP contribution is 2.23. The van der Waals surface area contributed by atoms with Crippen LogP contribution in [0.3, 0.4) is 0 Å². The highest BCUT2D eigenvalue weighted by Gasteiger charge is 2.22. The van der Waals surface area contributed by atoms with Crippen molar-refractivity contribution >= 4 is 21.7 Å². The van der Waals surface area contributed by atoms with Crippen molar-refractivity contribution in [2.45, 2.75) is 19.8 Å². The molecular weight excluding hydrogens is 254 g/mol. The van der Waals surface area contributed by atoms with Gasteiger partial charge < -0.3 is 4.90 Å². The Kier molecular flexibility index (Phi) is 3.57. The van der Waals surface area contributed by atoms with Gasteiger partial charge in [0, 0.05) is 30.2 Å². The van der Waals surface area contributed by atoms with Crippen LogP contribution in [0.15, 0.2) is 12.4 Å². The van der Waals surface area contributed by atoms with Crippen LogP contribution in [0.5, 0.6) is 0 Å². The van der Waals surface area contributed by atoms with Crippen LogP contribution in [0.4, 0.5) is 5.82 Å². The lowest BCUT2D eigenvalue weighted by atomic mass is 10.2. The maximum atomic E-state index is 4.34. The fourth-order valence-corrected chi connectivity index (χ4v) is 2.45. The molecule has 1 unspecified atom stereocenters. The molecule has 0 aromatic carbocycles. The number of nitrogens with zero attached hydrogens (tertiary/aromatic N) is 3. The number of halogens is 1. The van der Waals surface area contributed by atoms with Gasteiger partial charge in [0.1, 0.15) is 12.1 Å². The van der Waals surface area contributed by atoms with E-state index in [-0.39, 0.29) is 0 Å². The van der Waals surface area contributed by atoms with Gasteiger partial charge in [-0.2, -0.15) is 0 Å². The molecule has 15 heavy (non-hydrogen) atoms. The Labute approximate surface area is 99.0 Å². The van der Waals surface area contributed by atoms with Crippen molar-refractivity contribution in [1.29, 1.82) is 0 Å². The molecule has 0 radical (unpaired) electrons. The quantitative estimate of drug-likeness (QED) is 0.789. The molecule has 1 aliphatic rings. The van der Waals surface area contributed by atoms with Crippen molar-refractivity contribution in [1.82, 2.24) is 9.97 Å². The summed E-state index contributed by atoms with van der Waals surface area (Å²) in [6.45, 7) is 4.36. The monoisotopic (exact) mass is 269 g/mol. The van der Waals surface area contributed by atoms with Gasteiger partial charge >= 0.3 is 0 Å². The van der Waals surface area contributed by atoms with Gasteiger partial charge in [-0.25, -0.2) is 9.97 Å². The van der Waals surface area contributed by atoms with Crippen LogP contribution in [0, 0.1) is 5.92 Å². The van der Waals surface area contributed by atoms with Crippen LogP contribution in [0.2, 0.25) is 0 Å². The number of hydrogen-bond donors (Lipinski definition) is 0. The summed E-state index contributed by atoms with van der Waals surface area (Å²) in [7, 11) is 0. The summed E-state index contributed by atoms with van der Waals surface area (Å²) in [5, 5.41) is 1.09. The minimum atomic E-state index is 0.769. The topological polar surface area (TPSA) is 29.0 Å². The van der Waals surface area contributed by atoms with Crippen LogP contribution in [0.1, 0.15) is 19.0 Å². The van der Waals surface area contributed by atoms with E-state index >= 15 is 0 Å². The molecule has 3 nitrogen and oxygen atoms in total. The molecule has 0 aliphatic carbocycles. The molecule has 0 amide bonds. The molecule has 0 N–H and O–H groups in total. The summed E-state index contributed by atoms with van der Waals surface area (Å²) in [5.41, 5.74) is 1.13. The molecule has 1 fully saturated rings. The summed E-state index contributed by atoms with van der Waals surface area (Å²) in [6, 6.07) is 2.11. The van der Waals surface area contributed by atoms with E-state index in [1.54, 1.807) is 6.33 Å². The Balaban J connectivity index is 2.09. The third-order valence-electron chi connectivity index (χ3n) is 2.90. The van der Waals surface area contributed by atoms with Crippen molar-refractivity contribution in [3.8, 4) is 0 Å². The zero-order chi connectivity index (χ0) is 10.7. The Morgan fingerprint density at radius 2 is 2.40 bits per heavy atom. The lowest BCUT2D eigenvalue weighted by Gasteiger charge is -2.17. The second-order valence-electron chi connectivity index (χ2n) is 3.98. The fourth-order valence-electron chi connectivity index (χ4n) is 1.92. The van der Waals surface area contributed by atoms with Gasteiger partial charge in [-0.15, -0.1) is 0 Å². The predicted molar refractivity (Wildman–Crippen MR) is 65.5 cm³/mol. The molecule has 0 saturated carbocycles. The predicted octanol–water partition coefficient (Wildman–Crippen LogP) is 2.26. The van der Waals surface area contributed by atoms with E-state index in [4.69, 9.17) is 0 Å². The minimum absolute atomic E-state index is 0.769. The number of rotatable bonds is 3. The Bertz CT molecular complexity index is 329. The average molecular weight is 270 g/mol. The van der Waals surface area contributed by atoms with Crippen molar-refractivity contribution in [2.24, 2.45) is 5.92 Å². The average Bonchev–Trinajstić information content (AvgIpc) is 2.78. The number of aromatic nitrogens is 2. The number of aryl methyl sites for hydroxylation is 1. The second-order valence-corrected chi connectivity index (χ2v) is 4.62. The summed E-state index contributed by atoms with van der Waals surface area (Å²) in [4.78, 5) is 10.9. The van der Waals surface area contributed by atoms with Crippen molar-refractivity contribution in [3.63, 3.8) is 0 Å². The summed E-state index contributed by atoms with van der Waals surface area (Å²) >= 11 is 3.54. The molecule has 1 aliphatic heterocycles. The largest absolute Gasteiger partial charge is 0.356 e. The maximum Gasteiger partial charge on any atom is 0.132 e. The van der Waals surface area contributed by atoms with Gasteiger partial charge in [-0.1, -0.05) is 22.9 Å². The van der Waals surface area contributed by atoms with Gasteiger partial charge in [0.25, 0.3) is 0 Å². The molecule has 82 valence electrons. The van der Waals surface area contributed by atoms with Crippen LogP contribution in [-0.2, 0) is 6.42 Å². The van der Waals surface area contributed by atoms with E-state index in [0.717, 1.165) is 42.3 Å². The lowest BCUT2D eigenvalue weighted by molar-refractivity contribution is 0.675. The molecule has 0 bridgehead atoms. The first-order chi connectivity index (χ1) is 7.33. The number of anilines is 1. The number of alkyl halides is 1. The van der Waals surface area contributed by atoms with Gasteiger partial charge in [0.15, 0.2) is 0 Å². The highest BCUT2D eigenvalue weighted by atomic mass is 79.9. The van der Waals surface area contributed by atoms with E-state index in [0.29, 0.717) is 0 Å². The van der Waals surface area contributed by atoms with E-state index < -0.39 is 0 Å². The zero-order valence-electron chi connectivity index (χ0n) is 8.99. The first-order valence-electron chi connectivity index (χ1n) is 5.45. The van der Waals surface area contributed by atoms with Crippen molar-refractivity contribution < 1.29 is 0 Å². The molecule has 4 heteroatoms. The lowest BCUT2D eigenvalue weighted by Crippen LogP contribution is -2.21. The van der Waals surface area contributed by atoms with Gasteiger partial charge in [0.2, 0.25) is 0 Å². The second kappa shape index (κ2) is 4.92. The van der Waals surface area contributed by atoms with Crippen LogP contribution >= 0.6 is 15.9 Å². The van der Waals surface area contributed by atoms with E-state index in [1.165, 1.54) is 6.42 Å². The molecule has 2 heterocycles. The number of hydrogen-bond acceptors (Lipinski definition) is 3. The SMILES string of the molecule is CCc1cc(N2CCC(CBr)C2)ncn1. The van der Waals surface area contributed by atoms with Gasteiger partial charge in [0.05, 0.1) is 0 Å². The molecule has 0 spiro atoms. The normalized spacial score (nSPS) is 20.9. The summed E-state index contributed by atoms with van der Waals surface area (Å²) in [6.07, 6.45) is 3.91. The zero-order valence-corrected chi connectivity index (χ0v) is 10.6. The molecule has 2 rings (SSSR count). The molecular formula is C11H16BrN3. The molecule has 1 saturated heterocycles.